The third-order valence-corrected chi connectivity index (χ3v) is 3.61. The van der Waals surface area contributed by atoms with Gasteiger partial charge in [-0.15, -0.1) is 5.92 Å². The van der Waals surface area contributed by atoms with Gasteiger partial charge < -0.3 is 14.4 Å². The summed E-state index contributed by atoms with van der Waals surface area (Å²) in [6.45, 7) is 9.95. The molecule has 0 aromatic carbocycles. The molecule has 0 bridgehead atoms. The topological polar surface area (TPSA) is 51.7 Å². The molecule has 0 N–H and O–H groups in total. The van der Waals surface area contributed by atoms with Crippen molar-refractivity contribution >= 4 is 17.5 Å². The van der Waals surface area contributed by atoms with Crippen LogP contribution >= 0.6 is 11.6 Å². The summed E-state index contributed by atoms with van der Waals surface area (Å²) in [5, 5.41) is 0.457. The minimum atomic E-state index is -0.663. The Kier molecular flexibility index (Phi) is 8.03. The number of aromatic nitrogens is 1. The fourth-order valence-electron chi connectivity index (χ4n) is 2.16. The van der Waals surface area contributed by atoms with Crippen molar-refractivity contribution in [1.29, 1.82) is 0 Å². The van der Waals surface area contributed by atoms with Crippen LogP contribution in [0.25, 0.3) is 0 Å². The Hall–Kier alpha value is -1.77. The van der Waals surface area contributed by atoms with Crippen molar-refractivity contribution in [2.24, 2.45) is 0 Å². The molecular formula is C18H25ClN2O3. The van der Waals surface area contributed by atoms with Gasteiger partial charge in [0.25, 0.3) is 5.91 Å². The molecule has 1 aromatic rings. The highest BCUT2D eigenvalue weighted by molar-refractivity contribution is 6.30. The van der Waals surface area contributed by atoms with Gasteiger partial charge in [-0.1, -0.05) is 24.4 Å². The van der Waals surface area contributed by atoms with Crippen molar-refractivity contribution in [2.75, 3.05) is 13.3 Å². The Morgan fingerprint density at radius 3 is 2.67 bits per heavy atom. The highest BCUT2D eigenvalue weighted by Gasteiger charge is 2.34. The Morgan fingerprint density at radius 2 is 2.12 bits per heavy atom. The maximum absolute atomic E-state index is 13.0. The average molecular weight is 353 g/mol. The number of rotatable bonds is 8. The van der Waals surface area contributed by atoms with Crippen LogP contribution in [0, 0.1) is 11.8 Å². The van der Waals surface area contributed by atoms with Crippen LogP contribution in [-0.4, -0.2) is 40.8 Å². The molecule has 5 nitrogen and oxygen atoms in total. The standard InChI is InChI=1S/C18H25ClN2O3/c1-6-9-18(4,5)21(13-23-8-3)17(22)16(7-2)24-15-10-14(19)11-20-12-15/h10-12,16H,7-8,13H2,1-5H3. The summed E-state index contributed by atoms with van der Waals surface area (Å²) in [7, 11) is 0. The molecule has 0 spiro atoms. The third kappa shape index (κ3) is 5.70. The van der Waals surface area contributed by atoms with Crippen LogP contribution in [0.3, 0.4) is 0 Å². The number of amides is 1. The van der Waals surface area contributed by atoms with Gasteiger partial charge in [0.05, 0.1) is 11.2 Å². The molecule has 0 aliphatic carbocycles. The maximum Gasteiger partial charge on any atom is 0.266 e. The van der Waals surface area contributed by atoms with Crippen LogP contribution in [0.5, 0.6) is 5.75 Å². The third-order valence-electron chi connectivity index (χ3n) is 3.40. The molecule has 0 aliphatic rings. The maximum atomic E-state index is 13.0. The molecule has 0 saturated carbocycles. The summed E-state index contributed by atoms with van der Waals surface area (Å²) < 4.78 is 11.3. The quantitative estimate of drug-likeness (QED) is 0.530. The van der Waals surface area contributed by atoms with Gasteiger partial charge in [0.2, 0.25) is 0 Å². The number of ether oxygens (including phenoxy) is 2. The first-order valence-corrected chi connectivity index (χ1v) is 8.33. The first-order chi connectivity index (χ1) is 11.4. The normalized spacial score (nSPS) is 12.1. The van der Waals surface area contributed by atoms with Gasteiger partial charge in [-0.25, -0.2) is 0 Å². The number of pyridine rings is 1. The monoisotopic (exact) mass is 352 g/mol. The smallest absolute Gasteiger partial charge is 0.266 e. The number of hydrogen-bond donors (Lipinski definition) is 0. The molecule has 24 heavy (non-hydrogen) atoms. The number of carbonyl (C=O) groups is 1. The van der Waals surface area contributed by atoms with Gasteiger partial charge in [0, 0.05) is 18.9 Å². The molecule has 1 unspecified atom stereocenters. The molecule has 0 aliphatic heterocycles. The number of nitrogens with zero attached hydrogens (tertiary/aromatic N) is 2. The van der Waals surface area contributed by atoms with Crippen molar-refractivity contribution in [3.63, 3.8) is 0 Å². The van der Waals surface area contributed by atoms with Crippen LogP contribution in [0.2, 0.25) is 5.02 Å². The average Bonchev–Trinajstić information content (AvgIpc) is 2.52. The predicted octanol–water partition coefficient (Wildman–Crippen LogP) is 3.52. The van der Waals surface area contributed by atoms with Gasteiger partial charge in [-0.2, -0.15) is 0 Å². The van der Waals surface area contributed by atoms with Crippen LogP contribution in [0.15, 0.2) is 18.5 Å². The fourth-order valence-corrected chi connectivity index (χ4v) is 2.32. The first kappa shape index (κ1) is 20.3. The van der Waals surface area contributed by atoms with Gasteiger partial charge in [-0.05, 0) is 34.1 Å². The summed E-state index contributed by atoms with van der Waals surface area (Å²) in [6.07, 6.45) is 2.89. The minimum absolute atomic E-state index is 0.157. The molecule has 0 saturated heterocycles. The first-order valence-electron chi connectivity index (χ1n) is 7.96. The van der Waals surface area contributed by atoms with E-state index < -0.39 is 11.6 Å². The SMILES string of the molecule is CC#CC(C)(C)N(COCC)C(=O)C(CC)Oc1cncc(Cl)c1. The van der Waals surface area contributed by atoms with E-state index in [0.717, 1.165) is 0 Å². The van der Waals surface area contributed by atoms with Crippen molar-refractivity contribution in [1.82, 2.24) is 9.88 Å². The van der Waals surface area contributed by atoms with E-state index in [1.807, 2.05) is 27.7 Å². The molecule has 1 heterocycles. The number of carbonyl (C=O) groups excluding carboxylic acids is 1. The number of hydrogen-bond acceptors (Lipinski definition) is 4. The molecule has 1 aromatic heterocycles. The van der Waals surface area contributed by atoms with Gasteiger partial charge in [-0.3, -0.25) is 9.78 Å². The molecular weight excluding hydrogens is 328 g/mol. The second-order valence-electron chi connectivity index (χ2n) is 5.68. The number of halogens is 1. The molecule has 0 fully saturated rings. The summed E-state index contributed by atoms with van der Waals surface area (Å²) in [5.74, 6) is 6.19. The van der Waals surface area contributed by atoms with E-state index >= 15 is 0 Å². The van der Waals surface area contributed by atoms with E-state index in [-0.39, 0.29) is 12.6 Å². The lowest BCUT2D eigenvalue weighted by Crippen LogP contribution is -2.53. The summed E-state index contributed by atoms with van der Waals surface area (Å²) >= 11 is 5.92. The van der Waals surface area contributed by atoms with Crippen molar-refractivity contribution in [3.8, 4) is 17.6 Å². The van der Waals surface area contributed by atoms with Crippen molar-refractivity contribution in [2.45, 2.75) is 52.7 Å². The zero-order valence-corrected chi connectivity index (χ0v) is 15.7. The van der Waals surface area contributed by atoms with E-state index in [0.29, 0.717) is 23.8 Å². The second kappa shape index (κ2) is 9.51. The molecule has 1 atom stereocenters. The lowest BCUT2D eigenvalue weighted by Gasteiger charge is -2.36. The summed E-state index contributed by atoms with van der Waals surface area (Å²) in [6, 6.07) is 1.63. The molecule has 0 radical (unpaired) electrons. The lowest BCUT2D eigenvalue weighted by molar-refractivity contribution is -0.149. The minimum Gasteiger partial charge on any atom is -0.479 e. The van der Waals surface area contributed by atoms with E-state index in [4.69, 9.17) is 21.1 Å². The Labute approximate surface area is 149 Å². The van der Waals surface area contributed by atoms with E-state index in [9.17, 15) is 4.79 Å². The highest BCUT2D eigenvalue weighted by Crippen LogP contribution is 2.21. The van der Waals surface area contributed by atoms with Crippen molar-refractivity contribution < 1.29 is 14.3 Å². The fraction of sp³-hybridized carbons (Fsp3) is 0.556. The van der Waals surface area contributed by atoms with Crippen LogP contribution in [0.4, 0.5) is 0 Å². The largest absolute Gasteiger partial charge is 0.479 e. The molecule has 1 amide bonds. The van der Waals surface area contributed by atoms with Gasteiger partial charge >= 0.3 is 0 Å². The lowest BCUT2D eigenvalue weighted by atomic mass is 10.0. The van der Waals surface area contributed by atoms with E-state index in [1.54, 1.807) is 17.9 Å². The Morgan fingerprint density at radius 1 is 1.42 bits per heavy atom. The Balaban J connectivity index is 3.01. The summed E-state index contributed by atoms with van der Waals surface area (Å²) in [4.78, 5) is 18.6. The van der Waals surface area contributed by atoms with Crippen LogP contribution in [-0.2, 0) is 9.53 Å². The molecule has 6 heteroatoms. The van der Waals surface area contributed by atoms with E-state index in [1.165, 1.54) is 12.4 Å². The van der Waals surface area contributed by atoms with Crippen LogP contribution < -0.4 is 4.74 Å². The zero-order valence-electron chi connectivity index (χ0n) is 14.9. The van der Waals surface area contributed by atoms with Gasteiger partial charge in [0.15, 0.2) is 6.10 Å². The molecule has 132 valence electrons. The molecule has 1 rings (SSSR count). The highest BCUT2D eigenvalue weighted by atomic mass is 35.5. The predicted molar refractivity (Wildman–Crippen MR) is 94.8 cm³/mol. The second-order valence-corrected chi connectivity index (χ2v) is 6.11. The Bertz CT molecular complexity index is 608. The van der Waals surface area contributed by atoms with Crippen molar-refractivity contribution in [3.05, 3.63) is 23.5 Å². The zero-order chi connectivity index (χ0) is 18.2. The van der Waals surface area contributed by atoms with E-state index in [2.05, 4.69) is 16.8 Å². The van der Waals surface area contributed by atoms with Crippen LogP contribution in [0.1, 0.15) is 41.0 Å². The van der Waals surface area contributed by atoms with Gasteiger partial charge in [0.1, 0.15) is 18.0 Å². The summed E-state index contributed by atoms with van der Waals surface area (Å²) in [5.41, 5.74) is -0.662.